The summed E-state index contributed by atoms with van der Waals surface area (Å²) in [5, 5.41) is 10.3. The maximum Gasteiger partial charge on any atom is 0.123 e. The topological polar surface area (TPSA) is 20.2 Å². The van der Waals surface area contributed by atoms with Gasteiger partial charge >= 0.3 is 0 Å². The van der Waals surface area contributed by atoms with Crippen LogP contribution in [0.2, 0.25) is 0 Å². The van der Waals surface area contributed by atoms with E-state index in [1.165, 1.54) is 22.6 Å². The number of aliphatic hydroxyl groups is 1. The van der Waals surface area contributed by atoms with Crippen LogP contribution in [0.3, 0.4) is 0 Å². The molecule has 2 aromatic rings. The van der Waals surface area contributed by atoms with E-state index in [0.29, 0.717) is 5.56 Å². The molecular weight excluding hydrogens is 267 g/mol. The van der Waals surface area contributed by atoms with Crippen LogP contribution in [-0.4, -0.2) is 10.9 Å². The summed E-state index contributed by atoms with van der Waals surface area (Å²) in [7, 11) is 0. The predicted molar refractivity (Wildman–Crippen MR) is 74.6 cm³/mol. The van der Waals surface area contributed by atoms with E-state index in [9.17, 15) is 9.50 Å². The van der Waals surface area contributed by atoms with Gasteiger partial charge in [-0.2, -0.15) is 11.8 Å². The first-order valence-corrected chi connectivity index (χ1v) is 7.84. The average Bonchev–Trinajstić information content (AvgIpc) is 2.81. The van der Waals surface area contributed by atoms with E-state index in [4.69, 9.17) is 0 Å². The van der Waals surface area contributed by atoms with Crippen molar-refractivity contribution < 1.29 is 9.50 Å². The van der Waals surface area contributed by atoms with Gasteiger partial charge in [-0.1, -0.05) is 12.1 Å². The van der Waals surface area contributed by atoms with E-state index in [1.54, 1.807) is 23.5 Å². The molecule has 0 spiro atoms. The lowest BCUT2D eigenvalue weighted by molar-refractivity contribution is 0.223. The second-order valence-corrected chi connectivity index (χ2v) is 6.63. The summed E-state index contributed by atoms with van der Waals surface area (Å²) in [5.41, 5.74) is 1.96. The van der Waals surface area contributed by atoms with Gasteiger partial charge in [0.15, 0.2) is 0 Å². The van der Waals surface area contributed by atoms with Crippen LogP contribution in [0.5, 0.6) is 0 Å². The van der Waals surface area contributed by atoms with Crippen molar-refractivity contribution in [3.05, 3.63) is 57.0 Å². The molecule has 1 nitrogen and oxygen atoms in total. The number of hydrogen-bond acceptors (Lipinski definition) is 3. The Morgan fingerprint density at radius 2 is 2.17 bits per heavy atom. The van der Waals surface area contributed by atoms with Gasteiger partial charge in [-0.05, 0) is 41.5 Å². The predicted octanol–water partition coefficient (Wildman–Crippen LogP) is 3.76. The molecule has 1 atom stereocenters. The van der Waals surface area contributed by atoms with Crippen LogP contribution >= 0.6 is 23.1 Å². The van der Waals surface area contributed by atoms with E-state index < -0.39 is 6.10 Å². The van der Waals surface area contributed by atoms with Crippen LogP contribution in [0.1, 0.15) is 27.0 Å². The third-order valence-electron chi connectivity index (χ3n) is 3.08. The molecule has 94 valence electrons. The van der Waals surface area contributed by atoms with Crippen molar-refractivity contribution in [3.63, 3.8) is 0 Å². The Kier molecular flexibility index (Phi) is 3.41. The van der Waals surface area contributed by atoms with Crippen molar-refractivity contribution in [2.24, 2.45) is 0 Å². The molecule has 1 aliphatic heterocycles. The second-order valence-electron chi connectivity index (χ2n) is 4.36. The zero-order chi connectivity index (χ0) is 12.5. The maximum absolute atomic E-state index is 13.2. The van der Waals surface area contributed by atoms with E-state index in [1.807, 2.05) is 11.8 Å². The molecule has 0 fully saturated rings. The van der Waals surface area contributed by atoms with Crippen molar-refractivity contribution >= 4 is 23.1 Å². The number of benzene rings is 1. The molecule has 0 saturated carbocycles. The fourth-order valence-corrected chi connectivity index (χ4v) is 4.54. The molecule has 2 heterocycles. The van der Waals surface area contributed by atoms with E-state index in [-0.39, 0.29) is 5.82 Å². The van der Waals surface area contributed by atoms with Crippen LogP contribution in [-0.2, 0) is 12.2 Å². The van der Waals surface area contributed by atoms with Crippen molar-refractivity contribution in [3.8, 4) is 0 Å². The number of thiophene rings is 1. The summed E-state index contributed by atoms with van der Waals surface area (Å²) in [6.45, 7) is 0. The van der Waals surface area contributed by atoms with Gasteiger partial charge in [0, 0.05) is 15.5 Å². The molecule has 0 aliphatic carbocycles. The highest BCUT2D eigenvalue weighted by atomic mass is 32.2. The average molecular weight is 280 g/mol. The van der Waals surface area contributed by atoms with Crippen molar-refractivity contribution in [1.82, 2.24) is 0 Å². The third-order valence-corrected chi connectivity index (χ3v) is 5.38. The zero-order valence-electron chi connectivity index (χ0n) is 9.73. The normalized spacial score (nSPS) is 16.3. The van der Waals surface area contributed by atoms with Gasteiger partial charge in [0.05, 0.1) is 0 Å². The molecular formula is C14H13FOS2. The Morgan fingerprint density at radius 3 is 2.94 bits per heavy atom. The number of thioether (sulfide) groups is 1. The summed E-state index contributed by atoms with van der Waals surface area (Å²) >= 11 is 3.58. The minimum Gasteiger partial charge on any atom is -0.383 e. The Labute approximate surface area is 114 Å². The molecule has 1 aromatic carbocycles. The Hall–Kier alpha value is -0.840. The molecule has 0 radical (unpaired) electrons. The number of fused-ring (bicyclic) bond motifs is 1. The van der Waals surface area contributed by atoms with Gasteiger partial charge in [0.25, 0.3) is 0 Å². The largest absolute Gasteiger partial charge is 0.383 e. The van der Waals surface area contributed by atoms with Gasteiger partial charge in [0.1, 0.15) is 11.9 Å². The Morgan fingerprint density at radius 1 is 1.28 bits per heavy atom. The van der Waals surface area contributed by atoms with Gasteiger partial charge < -0.3 is 5.11 Å². The van der Waals surface area contributed by atoms with Crippen molar-refractivity contribution in [2.45, 2.75) is 18.3 Å². The lowest BCUT2D eigenvalue weighted by Crippen LogP contribution is -1.97. The summed E-state index contributed by atoms with van der Waals surface area (Å²) in [6, 6.07) is 8.27. The minimum atomic E-state index is -0.707. The second kappa shape index (κ2) is 5.03. The fraction of sp³-hybridized carbons (Fsp3) is 0.286. The minimum absolute atomic E-state index is 0.302. The number of rotatable bonds is 2. The quantitative estimate of drug-likeness (QED) is 0.904. The molecule has 0 amide bonds. The highest BCUT2D eigenvalue weighted by Gasteiger charge is 2.19. The smallest absolute Gasteiger partial charge is 0.123 e. The van der Waals surface area contributed by atoms with E-state index in [0.717, 1.165) is 22.8 Å². The van der Waals surface area contributed by atoms with E-state index >= 15 is 0 Å². The van der Waals surface area contributed by atoms with Crippen molar-refractivity contribution in [2.75, 3.05) is 5.75 Å². The molecule has 18 heavy (non-hydrogen) atoms. The molecule has 0 saturated heterocycles. The highest BCUT2D eigenvalue weighted by molar-refractivity contribution is 7.98. The summed E-state index contributed by atoms with van der Waals surface area (Å²) in [4.78, 5) is 2.30. The highest BCUT2D eigenvalue weighted by Crippen LogP contribution is 2.36. The zero-order valence-corrected chi connectivity index (χ0v) is 11.4. The molecule has 1 unspecified atom stereocenters. The lowest BCUT2D eigenvalue weighted by Gasteiger charge is -2.08. The van der Waals surface area contributed by atoms with Gasteiger partial charge in [-0.25, -0.2) is 4.39 Å². The summed E-state index contributed by atoms with van der Waals surface area (Å²) < 4.78 is 13.2. The molecule has 1 aromatic heterocycles. The van der Waals surface area contributed by atoms with Crippen LogP contribution in [0, 0.1) is 5.82 Å². The Bertz CT molecular complexity index is 541. The molecule has 1 aliphatic rings. The molecule has 4 heteroatoms. The first-order valence-electron chi connectivity index (χ1n) is 5.87. The van der Waals surface area contributed by atoms with Gasteiger partial charge in [0.2, 0.25) is 0 Å². The van der Waals surface area contributed by atoms with Crippen LogP contribution in [0.25, 0.3) is 0 Å². The molecule has 3 rings (SSSR count). The van der Waals surface area contributed by atoms with Crippen LogP contribution in [0.15, 0.2) is 30.3 Å². The lowest BCUT2D eigenvalue weighted by atomic mass is 10.1. The number of hydrogen-bond donors (Lipinski definition) is 1. The first kappa shape index (κ1) is 12.2. The summed E-state index contributed by atoms with van der Waals surface area (Å²) in [5.74, 6) is 1.88. The maximum atomic E-state index is 13.2. The van der Waals surface area contributed by atoms with Gasteiger partial charge in [-0.15, -0.1) is 11.3 Å². The van der Waals surface area contributed by atoms with Crippen LogP contribution in [0.4, 0.5) is 4.39 Å². The Balaban J connectivity index is 1.92. The van der Waals surface area contributed by atoms with Gasteiger partial charge in [-0.3, -0.25) is 0 Å². The number of aryl methyl sites for hydroxylation is 1. The number of halogens is 1. The summed E-state index contributed by atoms with van der Waals surface area (Å²) in [6.07, 6.45) is 0.377. The van der Waals surface area contributed by atoms with Crippen LogP contribution < -0.4 is 0 Å². The third kappa shape index (κ3) is 2.32. The molecule has 1 N–H and O–H groups in total. The SMILES string of the molecule is OC(c1cccc(F)c1)c1cc2c(s1)CCSC2. The number of aliphatic hydroxyl groups excluding tert-OH is 1. The van der Waals surface area contributed by atoms with Crippen molar-refractivity contribution in [1.29, 1.82) is 0 Å². The fourth-order valence-electron chi connectivity index (χ4n) is 2.15. The monoisotopic (exact) mass is 280 g/mol. The first-order chi connectivity index (χ1) is 8.74. The molecule has 0 bridgehead atoms. The van der Waals surface area contributed by atoms with E-state index in [2.05, 4.69) is 6.07 Å². The standard InChI is InChI=1S/C14H13FOS2/c15-11-3-1-2-9(6-11)14(16)13-7-10-8-17-5-4-12(10)18-13/h1-3,6-7,14,16H,4-5,8H2.